The van der Waals surface area contributed by atoms with Gasteiger partial charge in [0.25, 0.3) is 0 Å². The zero-order valence-corrected chi connectivity index (χ0v) is 11.2. The van der Waals surface area contributed by atoms with E-state index >= 15 is 0 Å². The van der Waals surface area contributed by atoms with Crippen LogP contribution in [0.2, 0.25) is 0 Å². The first-order valence-corrected chi connectivity index (χ1v) is 6.53. The lowest BCUT2D eigenvalue weighted by Crippen LogP contribution is -2.37. The van der Waals surface area contributed by atoms with Gasteiger partial charge in [-0.2, -0.15) is 0 Å². The molecule has 1 aliphatic heterocycles. The topological polar surface area (TPSA) is 32.5 Å². The fraction of sp³-hybridized carbons (Fsp3) is 0.571. The number of benzene rings is 1. The lowest BCUT2D eigenvalue weighted by molar-refractivity contribution is 0.195. The summed E-state index contributed by atoms with van der Waals surface area (Å²) in [6.07, 6.45) is 1.15. The van der Waals surface area contributed by atoms with Gasteiger partial charge in [0.1, 0.15) is 5.82 Å². The first kappa shape index (κ1) is 13.3. The Morgan fingerprint density at radius 1 is 1.39 bits per heavy atom. The Bertz CT molecular complexity index is 408. The van der Waals surface area contributed by atoms with Crippen LogP contribution in [0, 0.1) is 5.82 Å². The third-order valence-electron chi connectivity index (χ3n) is 3.70. The van der Waals surface area contributed by atoms with Crippen LogP contribution in [0.5, 0.6) is 0 Å². The van der Waals surface area contributed by atoms with Gasteiger partial charge in [-0.15, -0.1) is 0 Å². The van der Waals surface area contributed by atoms with Gasteiger partial charge in [-0.1, -0.05) is 12.1 Å². The second kappa shape index (κ2) is 5.67. The van der Waals surface area contributed by atoms with Gasteiger partial charge in [0.15, 0.2) is 0 Å². The SMILES string of the molecule is CC1CN(C)CCCN1Cc1cccc(F)c1N. The molecule has 1 fully saturated rings. The van der Waals surface area contributed by atoms with Crippen molar-refractivity contribution >= 4 is 5.69 Å². The number of nitrogens with zero attached hydrogens (tertiary/aromatic N) is 2. The maximum Gasteiger partial charge on any atom is 0.146 e. The summed E-state index contributed by atoms with van der Waals surface area (Å²) in [5, 5.41) is 0. The number of anilines is 1. The van der Waals surface area contributed by atoms with Crippen molar-refractivity contribution in [3.8, 4) is 0 Å². The van der Waals surface area contributed by atoms with E-state index in [9.17, 15) is 4.39 Å². The van der Waals surface area contributed by atoms with Gasteiger partial charge in [-0.05, 0) is 38.6 Å². The van der Waals surface area contributed by atoms with Gasteiger partial charge < -0.3 is 10.6 Å². The Hall–Kier alpha value is -1.13. The van der Waals surface area contributed by atoms with Crippen LogP contribution in [0.1, 0.15) is 18.9 Å². The minimum absolute atomic E-state index is 0.294. The number of nitrogen functional groups attached to an aromatic ring is 1. The Morgan fingerprint density at radius 3 is 2.94 bits per heavy atom. The lowest BCUT2D eigenvalue weighted by atomic mass is 10.1. The van der Waals surface area contributed by atoms with Gasteiger partial charge in [-0.25, -0.2) is 4.39 Å². The van der Waals surface area contributed by atoms with E-state index in [0.717, 1.165) is 38.2 Å². The second-order valence-corrected chi connectivity index (χ2v) is 5.25. The van der Waals surface area contributed by atoms with E-state index in [4.69, 9.17) is 5.73 Å². The van der Waals surface area contributed by atoms with Crippen LogP contribution in [0.25, 0.3) is 0 Å². The number of likely N-dealkylation sites (N-methyl/N-ethyl adjacent to an activating group) is 1. The molecule has 1 aromatic rings. The molecule has 1 atom stereocenters. The van der Waals surface area contributed by atoms with Crippen molar-refractivity contribution < 1.29 is 4.39 Å². The monoisotopic (exact) mass is 251 g/mol. The third kappa shape index (κ3) is 3.00. The summed E-state index contributed by atoms with van der Waals surface area (Å²) in [5.74, 6) is -0.313. The minimum Gasteiger partial charge on any atom is -0.396 e. The average Bonchev–Trinajstić information content (AvgIpc) is 2.47. The van der Waals surface area contributed by atoms with Crippen molar-refractivity contribution in [2.24, 2.45) is 0 Å². The quantitative estimate of drug-likeness (QED) is 0.815. The van der Waals surface area contributed by atoms with Crippen LogP contribution < -0.4 is 5.73 Å². The zero-order valence-electron chi connectivity index (χ0n) is 11.2. The number of para-hydroxylation sites is 1. The molecule has 2 rings (SSSR count). The molecule has 1 heterocycles. The summed E-state index contributed by atoms with van der Waals surface area (Å²) in [6.45, 7) is 6.17. The summed E-state index contributed by atoms with van der Waals surface area (Å²) in [6, 6.07) is 5.54. The molecule has 0 bridgehead atoms. The minimum atomic E-state index is -0.313. The molecule has 0 radical (unpaired) electrons. The summed E-state index contributed by atoms with van der Waals surface area (Å²) >= 11 is 0. The molecule has 2 N–H and O–H groups in total. The van der Waals surface area contributed by atoms with Gasteiger partial charge in [0, 0.05) is 25.7 Å². The van der Waals surface area contributed by atoms with E-state index in [1.165, 1.54) is 6.07 Å². The number of halogens is 1. The summed E-state index contributed by atoms with van der Waals surface area (Å²) < 4.78 is 13.4. The molecule has 0 amide bonds. The van der Waals surface area contributed by atoms with E-state index < -0.39 is 0 Å². The summed E-state index contributed by atoms with van der Waals surface area (Å²) in [7, 11) is 2.15. The van der Waals surface area contributed by atoms with Crippen LogP contribution in [0.15, 0.2) is 18.2 Å². The first-order valence-electron chi connectivity index (χ1n) is 6.53. The van der Waals surface area contributed by atoms with Crippen LogP contribution in [0.3, 0.4) is 0 Å². The maximum atomic E-state index is 13.4. The molecule has 0 aromatic heterocycles. The number of hydrogen-bond acceptors (Lipinski definition) is 3. The van der Waals surface area contributed by atoms with E-state index in [-0.39, 0.29) is 5.82 Å². The van der Waals surface area contributed by atoms with Crippen molar-refractivity contribution in [2.75, 3.05) is 32.4 Å². The van der Waals surface area contributed by atoms with E-state index in [2.05, 4.69) is 23.8 Å². The van der Waals surface area contributed by atoms with E-state index in [1.807, 2.05) is 6.07 Å². The standard InChI is InChI=1S/C14H22FN3/c1-11-9-17(2)7-4-8-18(11)10-12-5-3-6-13(15)14(12)16/h3,5-6,11H,4,7-10,16H2,1-2H3. The van der Waals surface area contributed by atoms with Crippen LogP contribution in [-0.4, -0.2) is 42.5 Å². The molecule has 1 unspecified atom stereocenters. The van der Waals surface area contributed by atoms with Crippen LogP contribution in [-0.2, 0) is 6.54 Å². The Morgan fingerprint density at radius 2 is 2.17 bits per heavy atom. The summed E-state index contributed by atoms with van der Waals surface area (Å²) in [4.78, 5) is 4.73. The molecule has 18 heavy (non-hydrogen) atoms. The normalized spacial score (nSPS) is 22.9. The first-order chi connectivity index (χ1) is 8.58. The highest BCUT2D eigenvalue weighted by Gasteiger charge is 2.20. The predicted octanol–water partition coefficient (Wildman–Crippen LogP) is 1.93. The van der Waals surface area contributed by atoms with Gasteiger partial charge in [0.2, 0.25) is 0 Å². The highest BCUT2D eigenvalue weighted by atomic mass is 19.1. The van der Waals surface area contributed by atoms with Crippen LogP contribution in [0.4, 0.5) is 10.1 Å². The highest BCUT2D eigenvalue weighted by molar-refractivity contribution is 5.47. The zero-order chi connectivity index (χ0) is 13.1. The average molecular weight is 251 g/mol. The largest absolute Gasteiger partial charge is 0.396 e. The summed E-state index contributed by atoms with van der Waals surface area (Å²) in [5.41, 5.74) is 6.99. The molecule has 3 nitrogen and oxygen atoms in total. The molecular weight excluding hydrogens is 229 g/mol. The van der Waals surface area contributed by atoms with Gasteiger partial charge >= 0.3 is 0 Å². The lowest BCUT2D eigenvalue weighted by Gasteiger charge is -2.28. The Kier molecular flexibility index (Phi) is 4.19. The van der Waals surface area contributed by atoms with Gasteiger partial charge in [-0.3, -0.25) is 4.90 Å². The van der Waals surface area contributed by atoms with Crippen molar-refractivity contribution in [1.82, 2.24) is 9.80 Å². The van der Waals surface area contributed by atoms with Crippen LogP contribution >= 0.6 is 0 Å². The Balaban J connectivity index is 2.10. The smallest absolute Gasteiger partial charge is 0.146 e. The molecule has 1 aliphatic rings. The number of nitrogens with two attached hydrogens (primary N) is 1. The molecule has 0 spiro atoms. The molecule has 1 saturated heterocycles. The van der Waals surface area contributed by atoms with E-state index in [1.54, 1.807) is 6.07 Å². The number of rotatable bonds is 2. The molecule has 100 valence electrons. The van der Waals surface area contributed by atoms with Crippen molar-refractivity contribution in [1.29, 1.82) is 0 Å². The highest BCUT2D eigenvalue weighted by Crippen LogP contribution is 2.20. The van der Waals surface area contributed by atoms with Crippen molar-refractivity contribution in [2.45, 2.75) is 25.9 Å². The van der Waals surface area contributed by atoms with Crippen molar-refractivity contribution in [3.05, 3.63) is 29.6 Å². The predicted molar refractivity (Wildman–Crippen MR) is 72.8 cm³/mol. The fourth-order valence-electron chi connectivity index (χ4n) is 2.60. The molecule has 1 aromatic carbocycles. The van der Waals surface area contributed by atoms with E-state index in [0.29, 0.717) is 11.7 Å². The molecular formula is C14H22FN3. The van der Waals surface area contributed by atoms with Gasteiger partial charge in [0.05, 0.1) is 5.69 Å². The molecule has 0 aliphatic carbocycles. The molecule has 4 heteroatoms. The number of hydrogen-bond donors (Lipinski definition) is 1. The maximum absolute atomic E-state index is 13.4. The molecule has 0 saturated carbocycles. The third-order valence-corrected chi connectivity index (χ3v) is 3.70. The fourth-order valence-corrected chi connectivity index (χ4v) is 2.60. The Labute approximate surface area is 108 Å². The second-order valence-electron chi connectivity index (χ2n) is 5.25. The van der Waals surface area contributed by atoms with Crippen molar-refractivity contribution in [3.63, 3.8) is 0 Å².